The second-order valence-electron chi connectivity index (χ2n) is 8.18. The Kier molecular flexibility index (Phi) is 8.28. The maximum absolute atomic E-state index is 13.0. The van der Waals surface area contributed by atoms with Gasteiger partial charge in [0.15, 0.2) is 0 Å². The van der Waals surface area contributed by atoms with E-state index in [0.717, 1.165) is 31.2 Å². The Bertz CT molecular complexity index is 784. The van der Waals surface area contributed by atoms with Crippen LogP contribution in [0.2, 0.25) is 0 Å². The van der Waals surface area contributed by atoms with E-state index in [1.54, 1.807) is 16.9 Å². The van der Waals surface area contributed by atoms with Gasteiger partial charge in [0, 0.05) is 39.3 Å². The second kappa shape index (κ2) is 11.1. The van der Waals surface area contributed by atoms with Crippen molar-refractivity contribution in [1.82, 2.24) is 15.1 Å². The molecule has 3 amide bonds. The maximum Gasteiger partial charge on any atom is 0.248 e. The van der Waals surface area contributed by atoms with Crippen LogP contribution in [0.25, 0.3) is 0 Å². The van der Waals surface area contributed by atoms with Crippen molar-refractivity contribution in [3.05, 3.63) is 29.8 Å². The largest absolute Gasteiger partial charge is 0.497 e. The summed E-state index contributed by atoms with van der Waals surface area (Å²) in [4.78, 5) is 42.2. The van der Waals surface area contributed by atoms with E-state index >= 15 is 0 Å². The molecular formula is C23H33N3O5. The van der Waals surface area contributed by atoms with Gasteiger partial charge in [-0.2, -0.15) is 0 Å². The number of amides is 3. The van der Waals surface area contributed by atoms with Gasteiger partial charge in [0.05, 0.1) is 19.4 Å². The van der Waals surface area contributed by atoms with Gasteiger partial charge in [-0.25, -0.2) is 0 Å². The van der Waals surface area contributed by atoms with Crippen LogP contribution in [-0.2, 0) is 25.5 Å². The lowest BCUT2D eigenvalue weighted by molar-refractivity contribution is -0.144. The molecule has 0 spiro atoms. The summed E-state index contributed by atoms with van der Waals surface area (Å²) >= 11 is 0. The number of rotatable bonds is 5. The number of nitrogens with one attached hydrogen (secondary N) is 1. The summed E-state index contributed by atoms with van der Waals surface area (Å²) in [6.07, 6.45) is 3.80. The number of hydrogen-bond donors (Lipinski definition) is 1. The molecule has 0 bridgehead atoms. The van der Waals surface area contributed by atoms with Gasteiger partial charge in [-0.15, -0.1) is 0 Å². The quantitative estimate of drug-likeness (QED) is 0.758. The molecule has 1 aliphatic heterocycles. The highest BCUT2D eigenvalue weighted by molar-refractivity contribution is 5.83. The van der Waals surface area contributed by atoms with Gasteiger partial charge in [0.1, 0.15) is 12.4 Å². The van der Waals surface area contributed by atoms with Crippen LogP contribution in [0.15, 0.2) is 24.3 Å². The lowest BCUT2D eigenvalue weighted by Gasteiger charge is -2.41. The van der Waals surface area contributed by atoms with E-state index in [1.165, 1.54) is 7.11 Å². The molecule has 0 unspecified atom stereocenters. The molecule has 0 aromatic heterocycles. The van der Waals surface area contributed by atoms with Crippen LogP contribution in [0, 0.1) is 5.92 Å². The standard InChI is InChI=1S/C23H33N3O5/c1-30-16-22(28)26-13-12-25(21(27)15-17-6-5-7-18(14-17)31-2)11-10-24-23(29)19-8-3-4-9-20(19)26/h5-7,14,19-20H,3-4,8-13,15-16H2,1-2H3,(H,24,29)/t19-,20+/m0/s1. The molecule has 2 fully saturated rings. The van der Waals surface area contributed by atoms with Crippen LogP contribution in [0.4, 0.5) is 0 Å². The third-order valence-corrected chi connectivity index (χ3v) is 6.19. The fraction of sp³-hybridized carbons (Fsp3) is 0.609. The van der Waals surface area contributed by atoms with Gasteiger partial charge in [-0.05, 0) is 30.5 Å². The lowest BCUT2D eigenvalue weighted by atomic mass is 9.82. The normalized spacial score (nSPS) is 22.3. The summed E-state index contributed by atoms with van der Waals surface area (Å²) in [6.45, 7) is 1.64. The fourth-order valence-corrected chi connectivity index (χ4v) is 4.58. The van der Waals surface area contributed by atoms with Crippen LogP contribution in [0.3, 0.4) is 0 Å². The number of carbonyl (C=O) groups excluding carboxylic acids is 3. The Balaban J connectivity index is 1.75. The Hall–Kier alpha value is -2.61. The first-order valence-electron chi connectivity index (χ1n) is 11.0. The minimum atomic E-state index is -0.200. The SMILES string of the molecule is COCC(=O)N1CCN(C(=O)Cc2cccc(OC)c2)CCNC(=O)[C@H]2CCCC[C@H]21. The zero-order chi connectivity index (χ0) is 22.2. The number of hydrogen-bond acceptors (Lipinski definition) is 5. The highest BCUT2D eigenvalue weighted by atomic mass is 16.5. The minimum Gasteiger partial charge on any atom is -0.497 e. The minimum absolute atomic E-state index is 0.0252. The van der Waals surface area contributed by atoms with Gasteiger partial charge in [0.2, 0.25) is 17.7 Å². The first-order chi connectivity index (χ1) is 15.0. The van der Waals surface area contributed by atoms with Crippen molar-refractivity contribution in [2.24, 2.45) is 5.92 Å². The first kappa shape index (κ1) is 23.1. The number of fused-ring (bicyclic) bond motifs is 1. The van der Waals surface area contributed by atoms with Crippen molar-refractivity contribution < 1.29 is 23.9 Å². The van der Waals surface area contributed by atoms with Crippen molar-refractivity contribution in [2.75, 3.05) is 47.0 Å². The van der Waals surface area contributed by atoms with E-state index in [0.29, 0.717) is 31.9 Å². The molecule has 8 nitrogen and oxygen atoms in total. The van der Waals surface area contributed by atoms with E-state index in [2.05, 4.69) is 5.32 Å². The average molecular weight is 432 g/mol. The third-order valence-electron chi connectivity index (χ3n) is 6.19. The predicted molar refractivity (Wildman–Crippen MR) is 116 cm³/mol. The number of benzene rings is 1. The van der Waals surface area contributed by atoms with Crippen LogP contribution in [0.5, 0.6) is 5.75 Å². The van der Waals surface area contributed by atoms with Gasteiger partial charge >= 0.3 is 0 Å². The summed E-state index contributed by atoms with van der Waals surface area (Å²) in [5.41, 5.74) is 0.866. The van der Waals surface area contributed by atoms with E-state index in [9.17, 15) is 14.4 Å². The van der Waals surface area contributed by atoms with Crippen LogP contribution in [0.1, 0.15) is 31.2 Å². The molecular weight excluding hydrogens is 398 g/mol. The second-order valence-corrected chi connectivity index (χ2v) is 8.18. The van der Waals surface area contributed by atoms with Crippen molar-refractivity contribution in [2.45, 2.75) is 38.1 Å². The fourth-order valence-electron chi connectivity index (χ4n) is 4.58. The highest BCUT2D eigenvalue weighted by Gasteiger charge is 2.37. The van der Waals surface area contributed by atoms with Crippen molar-refractivity contribution in [1.29, 1.82) is 0 Å². The van der Waals surface area contributed by atoms with Gasteiger partial charge < -0.3 is 24.6 Å². The number of nitrogens with zero attached hydrogens (tertiary/aromatic N) is 2. The molecule has 1 aromatic rings. The summed E-state index contributed by atoms with van der Waals surface area (Å²) in [6, 6.07) is 7.29. The van der Waals surface area contributed by atoms with Crippen molar-refractivity contribution >= 4 is 17.7 Å². The first-order valence-corrected chi connectivity index (χ1v) is 11.0. The predicted octanol–water partition coefficient (Wildman–Crippen LogP) is 1.23. The number of ether oxygens (including phenoxy) is 2. The molecule has 2 aliphatic rings. The lowest BCUT2D eigenvalue weighted by Crippen LogP contribution is -2.56. The summed E-state index contributed by atoms with van der Waals surface area (Å²) in [7, 11) is 3.09. The molecule has 1 aromatic carbocycles. The Labute approximate surface area is 183 Å². The van der Waals surface area contributed by atoms with Crippen LogP contribution in [-0.4, -0.2) is 80.6 Å². The van der Waals surface area contributed by atoms with Crippen molar-refractivity contribution in [3.8, 4) is 5.75 Å². The monoisotopic (exact) mass is 431 g/mol. The zero-order valence-corrected chi connectivity index (χ0v) is 18.5. The Morgan fingerprint density at radius 3 is 2.68 bits per heavy atom. The van der Waals surface area contributed by atoms with Crippen LogP contribution < -0.4 is 10.1 Å². The zero-order valence-electron chi connectivity index (χ0n) is 18.5. The van der Waals surface area contributed by atoms with E-state index in [-0.39, 0.29) is 42.7 Å². The molecule has 1 saturated heterocycles. The summed E-state index contributed by atoms with van der Waals surface area (Å²) in [5, 5.41) is 2.99. The Morgan fingerprint density at radius 1 is 1.10 bits per heavy atom. The van der Waals surface area contributed by atoms with Gasteiger partial charge in [-0.1, -0.05) is 25.0 Å². The molecule has 8 heteroatoms. The average Bonchev–Trinajstić information content (AvgIpc) is 2.78. The molecule has 3 rings (SSSR count). The molecule has 31 heavy (non-hydrogen) atoms. The van der Waals surface area contributed by atoms with Crippen molar-refractivity contribution in [3.63, 3.8) is 0 Å². The molecule has 1 aliphatic carbocycles. The maximum atomic E-state index is 13.0. The molecule has 1 saturated carbocycles. The molecule has 1 N–H and O–H groups in total. The van der Waals surface area contributed by atoms with Gasteiger partial charge in [0.25, 0.3) is 0 Å². The van der Waals surface area contributed by atoms with Gasteiger partial charge in [-0.3, -0.25) is 14.4 Å². The molecule has 2 atom stereocenters. The van der Waals surface area contributed by atoms with Crippen LogP contribution >= 0.6 is 0 Å². The summed E-state index contributed by atoms with van der Waals surface area (Å²) in [5.74, 6) is 0.309. The highest BCUT2D eigenvalue weighted by Crippen LogP contribution is 2.29. The Morgan fingerprint density at radius 2 is 1.90 bits per heavy atom. The molecule has 1 heterocycles. The van der Waals surface area contributed by atoms with E-state index < -0.39 is 0 Å². The summed E-state index contributed by atoms with van der Waals surface area (Å²) < 4.78 is 10.3. The molecule has 0 radical (unpaired) electrons. The van der Waals surface area contributed by atoms with E-state index in [1.807, 2.05) is 24.3 Å². The topological polar surface area (TPSA) is 88.2 Å². The molecule has 170 valence electrons. The third kappa shape index (κ3) is 5.97. The smallest absolute Gasteiger partial charge is 0.248 e. The number of carbonyl (C=O) groups is 3. The van der Waals surface area contributed by atoms with E-state index in [4.69, 9.17) is 9.47 Å². The number of methoxy groups -OCH3 is 2.